The van der Waals surface area contributed by atoms with Crippen LogP contribution in [0.2, 0.25) is 0 Å². The first kappa shape index (κ1) is 12.7. The van der Waals surface area contributed by atoms with Crippen molar-refractivity contribution in [2.24, 2.45) is 0 Å². The second kappa shape index (κ2) is 13.7. The van der Waals surface area contributed by atoms with E-state index in [0.717, 1.165) is 0 Å². The lowest BCUT2D eigenvalue weighted by Crippen LogP contribution is -2.16. The number of hydrogen-bond donors (Lipinski definition) is 0. The molecule has 0 saturated heterocycles. The third-order valence-corrected chi connectivity index (χ3v) is 8.41. The first-order valence-corrected chi connectivity index (χ1v) is 16.0. The molecule has 0 fully saturated rings. The third-order valence-electron chi connectivity index (χ3n) is 8.41. The van der Waals surface area contributed by atoms with E-state index in [4.69, 9.17) is 31.5 Å². The molecule has 3 aliphatic carbocycles. The van der Waals surface area contributed by atoms with Gasteiger partial charge in [-0.1, -0.05) is 181 Å². The van der Waals surface area contributed by atoms with E-state index in [9.17, 15) is 13.7 Å². The topological polar surface area (TPSA) is 38.7 Å². The van der Waals surface area contributed by atoms with Crippen LogP contribution in [-0.4, -0.2) is 15.0 Å². The molecule has 0 bridgehead atoms. The summed E-state index contributed by atoms with van der Waals surface area (Å²) in [5, 5.41) is 0. The van der Waals surface area contributed by atoms with Gasteiger partial charge >= 0.3 is 0 Å². The Morgan fingerprint density at radius 2 is 0.963 bits per heavy atom. The molecule has 0 spiro atoms. The summed E-state index contributed by atoms with van der Waals surface area (Å²) in [6, 6.07) is -30.1. The molecule has 1 aromatic heterocycles. The summed E-state index contributed by atoms with van der Waals surface area (Å²) in [6.07, 6.45) is -1.90. The Morgan fingerprint density at radius 1 is 0.426 bits per heavy atom. The molecule has 0 N–H and O–H groups in total. The van der Waals surface area contributed by atoms with Gasteiger partial charge in [-0.25, -0.2) is 15.0 Å². The number of allylic oxidation sites excluding steroid dienone is 8. The molecule has 3 aliphatic rings. The molecule has 54 heavy (non-hydrogen) atoms. The van der Waals surface area contributed by atoms with Crippen LogP contribution < -0.4 is 0 Å². The van der Waals surface area contributed by atoms with Gasteiger partial charge in [-0.05, 0) is 68.6 Å². The Morgan fingerprint density at radius 3 is 1.72 bits per heavy atom. The quantitative estimate of drug-likeness (QED) is 0.171. The van der Waals surface area contributed by atoms with Crippen molar-refractivity contribution in [3.05, 3.63) is 210 Å². The van der Waals surface area contributed by atoms with Crippen LogP contribution in [0, 0.1) is 0 Å². The SMILES string of the molecule is [2H]C1=C([2H])C([2H])C(c2c([2H])c([2H])c(-c3nc(-c4c([2H])c([2H])c(-c5c([2H])c([2H])c([2H])c([2H])c5[2H])c([2H])c4[2H])nc(-c4c([2H])c([2H])c([2H])c(-c5c([2H])c([2H])c6c(c5[2H])-c5c([2H])c([2H])c([2H])c([2H])c5C5C([2H])=C([2H])C([2H])=C([2H])C65)c4[2H])n3)c([2H])c2[2H])C([2H])=C1[2H]. The highest BCUT2D eigenvalue weighted by Crippen LogP contribution is 2.50. The summed E-state index contributed by atoms with van der Waals surface area (Å²) in [5.41, 5.74) is -8.93. The van der Waals surface area contributed by atoms with Crippen LogP contribution in [0.25, 0.3) is 67.5 Å². The minimum atomic E-state index is -1.90. The molecular formula is C51H37N3. The first-order chi connectivity index (χ1) is 40.5. The van der Waals surface area contributed by atoms with E-state index in [0.29, 0.717) is 0 Å². The summed E-state index contributed by atoms with van der Waals surface area (Å²) < 4.78 is 294. The molecule has 4 unspecified atom stereocenters. The van der Waals surface area contributed by atoms with Crippen molar-refractivity contribution in [2.45, 2.75) is 24.2 Å². The van der Waals surface area contributed by atoms with Gasteiger partial charge in [-0.15, -0.1) is 0 Å². The molecule has 0 aliphatic heterocycles. The molecule has 0 saturated carbocycles. The lowest BCUT2D eigenvalue weighted by molar-refractivity contribution is 0.720. The van der Waals surface area contributed by atoms with Gasteiger partial charge in [0.25, 0.3) is 0 Å². The summed E-state index contributed by atoms with van der Waals surface area (Å²) in [5.74, 6) is -8.22. The zero-order valence-electron chi connectivity index (χ0n) is 60.2. The van der Waals surface area contributed by atoms with Crippen LogP contribution in [0.15, 0.2) is 193 Å². The number of rotatable bonds is 6. The van der Waals surface area contributed by atoms with E-state index >= 15 is 0 Å². The Kier molecular flexibility index (Phi) is 3.22. The van der Waals surface area contributed by atoms with Crippen molar-refractivity contribution in [1.29, 1.82) is 0 Å². The van der Waals surface area contributed by atoms with Crippen molar-refractivity contribution in [1.82, 2.24) is 15.0 Å². The maximum atomic E-state index is 9.82. The fraction of sp³-hybridized carbons (Fsp3) is 0.0784. The highest BCUT2D eigenvalue weighted by Gasteiger charge is 2.31. The van der Waals surface area contributed by atoms with E-state index in [1.165, 1.54) is 0 Å². The van der Waals surface area contributed by atoms with Crippen molar-refractivity contribution in [3.8, 4) is 67.5 Å². The van der Waals surface area contributed by atoms with Crippen molar-refractivity contribution >= 4 is 0 Å². The molecule has 256 valence electrons. The van der Waals surface area contributed by atoms with Crippen molar-refractivity contribution < 1.29 is 45.2 Å². The van der Waals surface area contributed by atoms with Gasteiger partial charge in [0, 0.05) is 35.8 Å². The van der Waals surface area contributed by atoms with Gasteiger partial charge in [0.1, 0.15) is 0 Å². The van der Waals surface area contributed by atoms with Crippen LogP contribution in [0.4, 0.5) is 0 Å². The highest BCUT2D eigenvalue weighted by atomic mass is 15.0. The van der Waals surface area contributed by atoms with Crippen molar-refractivity contribution in [2.75, 3.05) is 0 Å². The zero-order chi connectivity index (χ0) is 64.6. The van der Waals surface area contributed by atoms with E-state index in [-0.39, 0.29) is 0 Å². The van der Waals surface area contributed by atoms with E-state index in [2.05, 4.69) is 15.0 Å². The molecule has 0 radical (unpaired) electrons. The largest absolute Gasteiger partial charge is 0.208 e. The Bertz CT molecular complexity index is 4440. The maximum Gasteiger partial charge on any atom is 0.164 e. The maximum absolute atomic E-state index is 9.82. The Balaban J connectivity index is 1.31. The number of nitrogens with zero attached hydrogens (tertiary/aromatic N) is 3. The van der Waals surface area contributed by atoms with E-state index in [1.54, 1.807) is 0 Å². The molecular weight excluding hydrogens is 655 g/mol. The average molecular weight is 725 g/mol. The fourth-order valence-corrected chi connectivity index (χ4v) is 5.87. The normalized spacial score (nSPS) is 29.2. The minimum Gasteiger partial charge on any atom is -0.208 e. The monoisotopic (exact) mass is 725 g/mol. The number of fused-ring (bicyclic) bond motifs is 6. The predicted octanol–water partition coefficient (Wildman–Crippen LogP) is 12.8. The lowest BCUT2D eigenvalue weighted by atomic mass is 9.69. The van der Waals surface area contributed by atoms with Crippen LogP contribution in [0.1, 0.15) is 86.1 Å². The predicted molar refractivity (Wildman–Crippen MR) is 222 cm³/mol. The molecule has 1 heterocycles. The molecule has 3 heteroatoms. The van der Waals surface area contributed by atoms with Crippen molar-refractivity contribution in [3.63, 3.8) is 0 Å². The summed E-state index contributed by atoms with van der Waals surface area (Å²) in [7, 11) is 0. The third kappa shape index (κ3) is 5.94. The van der Waals surface area contributed by atoms with Gasteiger partial charge < -0.3 is 0 Å². The highest BCUT2D eigenvalue weighted by molar-refractivity contribution is 5.82. The molecule has 6 aromatic carbocycles. The smallest absolute Gasteiger partial charge is 0.164 e. The van der Waals surface area contributed by atoms with Gasteiger partial charge in [0.05, 0.1) is 43.9 Å². The first-order valence-electron chi connectivity index (χ1n) is 32.6. The fourth-order valence-electron chi connectivity index (χ4n) is 5.87. The molecule has 10 rings (SSSR count). The molecule has 3 nitrogen and oxygen atoms in total. The lowest BCUT2D eigenvalue weighted by Gasteiger charge is -2.34. The van der Waals surface area contributed by atoms with Gasteiger partial charge in [0.2, 0.25) is 0 Å². The minimum absolute atomic E-state index is 0.429. The zero-order valence-corrected chi connectivity index (χ0v) is 27.2. The van der Waals surface area contributed by atoms with Gasteiger partial charge in [0.15, 0.2) is 17.5 Å². The van der Waals surface area contributed by atoms with Crippen LogP contribution in [0.3, 0.4) is 0 Å². The van der Waals surface area contributed by atoms with Crippen LogP contribution >= 0.6 is 0 Å². The summed E-state index contributed by atoms with van der Waals surface area (Å²) in [4.78, 5) is 12.9. The summed E-state index contributed by atoms with van der Waals surface area (Å²) in [6.45, 7) is 0. The van der Waals surface area contributed by atoms with E-state index < -0.39 is 302 Å². The summed E-state index contributed by atoms with van der Waals surface area (Å²) >= 11 is 0. The Hall–Kier alpha value is -6.71. The van der Waals surface area contributed by atoms with E-state index in [1.807, 2.05) is 0 Å². The number of aromatic nitrogens is 3. The molecule has 0 amide bonds. The van der Waals surface area contributed by atoms with Crippen LogP contribution in [0.5, 0.6) is 0 Å². The standard InChI is InChI=1S/C51H37N3/c1-3-12-34(13-4-1)36-22-26-38(27-23-36)49-52-50(39-28-24-37(25-29-39)35-14-5-2-6-15-35)54-51(53-49)42-17-11-16-40(32-42)41-30-31-47-45-20-8-7-18-43(45)44-19-9-10-21-46(44)48(47)33-41/h1-14,16-33,35,43,45H,15H2/i1D,2D,3D,4D,5D,6D,7D,8D,9D,10D,11D,12D,13D,14D,15D,16D,17D,18D,19D,20D,21D,22D,23D,24D,25D,26D,27D,28D,29D,30D,31D,32D,33D. The Labute approximate surface area is 362 Å². The van der Waals surface area contributed by atoms with Crippen LogP contribution in [-0.2, 0) is 0 Å². The van der Waals surface area contributed by atoms with Gasteiger partial charge in [-0.3, -0.25) is 0 Å². The molecule has 7 aromatic rings. The average Bonchev–Trinajstić information content (AvgIpc) is 0.722. The number of hydrogen-bond acceptors (Lipinski definition) is 3. The molecule has 4 atom stereocenters. The second-order valence-electron chi connectivity index (χ2n) is 11.6. The van der Waals surface area contributed by atoms with Gasteiger partial charge in [-0.2, -0.15) is 0 Å². The number of benzene rings is 6. The second-order valence-corrected chi connectivity index (χ2v) is 11.6.